The van der Waals surface area contributed by atoms with Gasteiger partial charge in [-0.2, -0.15) is 5.26 Å². The van der Waals surface area contributed by atoms with E-state index in [-0.39, 0.29) is 0 Å². The van der Waals surface area contributed by atoms with E-state index in [1.54, 1.807) is 18.3 Å². The van der Waals surface area contributed by atoms with Crippen molar-refractivity contribution in [1.82, 2.24) is 9.97 Å². The molecule has 0 amide bonds. The van der Waals surface area contributed by atoms with E-state index in [0.717, 1.165) is 10.9 Å². The summed E-state index contributed by atoms with van der Waals surface area (Å²) in [6.45, 7) is 0. The molecule has 2 aromatic rings. The molecule has 0 atom stereocenters. The third-order valence-corrected chi connectivity index (χ3v) is 2.06. The lowest BCUT2D eigenvalue weighted by molar-refractivity contribution is 1.16. The molecule has 0 unspecified atom stereocenters. The van der Waals surface area contributed by atoms with Gasteiger partial charge in [0.05, 0.1) is 17.1 Å². The quantitative estimate of drug-likeness (QED) is 0.657. The average molecular weight is 234 g/mol. The number of aromatic nitrogens is 2. The number of rotatable bonds is 0. The van der Waals surface area contributed by atoms with Gasteiger partial charge in [-0.15, -0.1) is 0 Å². The molecule has 0 N–H and O–H groups in total. The monoisotopic (exact) mass is 233 g/mol. The molecule has 1 aromatic carbocycles. The minimum atomic E-state index is 0.537. The minimum absolute atomic E-state index is 0.537. The Hall–Kier alpha value is -1.47. The van der Waals surface area contributed by atoms with Gasteiger partial charge in [-0.1, -0.05) is 0 Å². The maximum atomic E-state index is 8.66. The molecule has 0 spiro atoms. The van der Waals surface area contributed by atoms with Crippen LogP contribution in [0.3, 0.4) is 0 Å². The van der Waals surface area contributed by atoms with Gasteiger partial charge in [0.2, 0.25) is 0 Å². The van der Waals surface area contributed by atoms with Gasteiger partial charge < -0.3 is 0 Å². The second-order valence-corrected chi connectivity index (χ2v) is 3.23. The highest BCUT2D eigenvalue weighted by atomic mass is 79.9. The van der Waals surface area contributed by atoms with Gasteiger partial charge in [0.15, 0.2) is 4.73 Å². The molecule has 0 aliphatic rings. The van der Waals surface area contributed by atoms with Crippen LogP contribution in [0, 0.1) is 11.3 Å². The smallest absolute Gasteiger partial charge is 0.197 e. The number of hydrogen-bond donors (Lipinski definition) is 0. The molecule has 0 aliphatic heterocycles. The van der Waals surface area contributed by atoms with E-state index in [2.05, 4.69) is 32.0 Å². The zero-order valence-electron chi connectivity index (χ0n) is 6.53. The van der Waals surface area contributed by atoms with Crippen LogP contribution in [0.1, 0.15) is 5.56 Å². The van der Waals surface area contributed by atoms with Crippen molar-refractivity contribution < 1.29 is 0 Å². The molecule has 0 fully saturated rings. The standard InChI is InChI=1S/C9H4BrN3/c10-9-12-5-7-2-1-6(4-11)3-8(7)13-9/h1-3,5H. The fourth-order valence-corrected chi connectivity index (χ4v) is 1.36. The molecule has 4 heteroatoms. The molecule has 1 heterocycles. The summed E-state index contributed by atoms with van der Waals surface area (Å²) in [5, 5.41) is 9.59. The summed E-state index contributed by atoms with van der Waals surface area (Å²) in [5.41, 5.74) is 1.39. The van der Waals surface area contributed by atoms with Crippen molar-refractivity contribution in [3.8, 4) is 6.07 Å². The molecule has 0 radical (unpaired) electrons. The van der Waals surface area contributed by atoms with E-state index in [9.17, 15) is 0 Å². The largest absolute Gasteiger partial charge is 0.230 e. The van der Waals surface area contributed by atoms with Gasteiger partial charge >= 0.3 is 0 Å². The number of benzene rings is 1. The normalized spacial score (nSPS) is 9.85. The van der Waals surface area contributed by atoms with Crippen LogP contribution in [0.2, 0.25) is 0 Å². The van der Waals surface area contributed by atoms with Gasteiger partial charge in [-0.3, -0.25) is 0 Å². The van der Waals surface area contributed by atoms with E-state index in [1.807, 2.05) is 6.07 Å². The molecular formula is C9H4BrN3. The first kappa shape index (κ1) is 8.14. The lowest BCUT2D eigenvalue weighted by Crippen LogP contribution is -1.84. The maximum Gasteiger partial charge on any atom is 0.197 e. The van der Waals surface area contributed by atoms with E-state index in [0.29, 0.717) is 10.3 Å². The molecule has 0 saturated carbocycles. The van der Waals surface area contributed by atoms with Crippen LogP contribution in [0.15, 0.2) is 29.1 Å². The molecule has 0 bridgehead atoms. The van der Waals surface area contributed by atoms with Crippen molar-refractivity contribution in [1.29, 1.82) is 5.26 Å². The maximum absolute atomic E-state index is 8.66. The van der Waals surface area contributed by atoms with E-state index < -0.39 is 0 Å². The van der Waals surface area contributed by atoms with Crippen molar-refractivity contribution >= 4 is 26.8 Å². The van der Waals surface area contributed by atoms with Crippen molar-refractivity contribution in [3.63, 3.8) is 0 Å². The Labute approximate surface area is 83.2 Å². The summed E-state index contributed by atoms with van der Waals surface area (Å²) in [6.07, 6.45) is 1.72. The SMILES string of the molecule is N#Cc1ccc2cnc(Br)nc2c1. The highest BCUT2D eigenvalue weighted by Gasteiger charge is 1.98. The van der Waals surface area contributed by atoms with Crippen molar-refractivity contribution in [2.24, 2.45) is 0 Å². The number of nitriles is 1. The van der Waals surface area contributed by atoms with Gasteiger partial charge in [0, 0.05) is 11.6 Å². The first-order valence-electron chi connectivity index (χ1n) is 3.62. The summed E-state index contributed by atoms with van der Waals surface area (Å²) >= 11 is 3.17. The number of fused-ring (bicyclic) bond motifs is 1. The van der Waals surface area contributed by atoms with Crippen LogP contribution in [-0.2, 0) is 0 Å². The number of hydrogen-bond acceptors (Lipinski definition) is 3. The molecule has 13 heavy (non-hydrogen) atoms. The average Bonchev–Trinajstić information content (AvgIpc) is 2.16. The van der Waals surface area contributed by atoms with Crippen LogP contribution in [0.5, 0.6) is 0 Å². The molecule has 62 valence electrons. The summed E-state index contributed by atoms with van der Waals surface area (Å²) in [6, 6.07) is 7.38. The minimum Gasteiger partial charge on any atom is -0.230 e. The van der Waals surface area contributed by atoms with E-state index in [4.69, 9.17) is 5.26 Å². The second-order valence-electron chi connectivity index (χ2n) is 2.52. The zero-order chi connectivity index (χ0) is 9.26. The van der Waals surface area contributed by atoms with Crippen LogP contribution < -0.4 is 0 Å². The molecule has 3 nitrogen and oxygen atoms in total. The lowest BCUT2D eigenvalue weighted by Gasteiger charge is -1.96. The van der Waals surface area contributed by atoms with Crippen molar-refractivity contribution in [2.45, 2.75) is 0 Å². The first-order chi connectivity index (χ1) is 6.29. The highest BCUT2D eigenvalue weighted by molar-refractivity contribution is 9.10. The van der Waals surface area contributed by atoms with Crippen LogP contribution in [-0.4, -0.2) is 9.97 Å². The van der Waals surface area contributed by atoms with E-state index >= 15 is 0 Å². The number of nitrogens with zero attached hydrogens (tertiary/aromatic N) is 3. The van der Waals surface area contributed by atoms with Gasteiger partial charge in [-0.25, -0.2) is 9.97 Å². The molecule has 0 aliphatic carbocycles. The fourth-order valence-electron chi connectivity index (χ4n) is 1.07. The summed E-state index contributed by atoms with van der Waals surface area (Å²) < 4.78 is 0.537. The predicted octanol–water partition coefficient (Wildman–Crippen LogP) is 2.26. The Morgan fingerprint density at radius 2 is 2.23 bits per heavy atom. The summed E-state index contributed by atoms with van der Waals surface area (Å²) in [4.78, 5) is 8.12. The third-order valence-electron chi connectivity index (χ3n) is 1.68. The molecule has 1 aromatic heterocycles. The van der Waals surface area contributed by atoms with E-state index in [1.165, 1.54) is 0 Å². The first-order valence-corrected chi connectivity index (χ1v) is 4.41. The Bertz CT molecular complexity index is 502. The number of halogens is 1. The van der Waals surface area contributed by atoms with Crippen LogP contribution >= 0.6 is 15.9 Å². The van der Waals surface area contributed by atoms with Crippen molar-refractivity contribution in [2.75, 3.05) is 0 Å². The Kier molecular flexibility index (Phi) is 1.95. The summed E-state index contributed by atoms with van der Waals surface area (Å²) in [7, 11) is 0. The summed E-state index contributed by atoms with van der Waals surface area (Å²) in [5.74, 6) is 0. The fraction of sp³-hybridized carbons (Fsp3) is 0. The molecule has 2 rings (SSSR count). The predicted molar refractivity (Wildman–Crippen MR) is 52.0 cm³/mol. The van der Waals surface area contributed by atoms with Crippen molar-refractivity contribution in [3.05, 3.63) is 34.7 Å². The second kappa shape index (κ2) is 3.11. The third kappa shape index (κ3) is 1.51. The van der Waals surface area contributed by atoms with Gasteiger partial charge in [-0.05, 0) is 34.1 Å². The Balaban J connectivity index is 2.77. The topological polar surface area (TPSA) is 49.6 Å². The highest BCUT2D eigenvalue weighted by Crippen LogP contribution is 2.14. The zero-order valence-corrected chi connectivity index (χ0v) is 8.12. The van der Waals surface area contributed by atoms with Gasteiger partial charge in [0.1, 0.15) is 0 Å². The van der Waals surface area contributed by atoms with Crippen LogP contribution in [0.4, 0.5) is 0 Å². The molecular weight excluding hydrogens is 230 g/mol. The Morgan fingerprint density at radius 3 is 3.00 bits per heavy atom. The Morgan fingerprint density at radius 1 is 1.38 bits per heavy atom. The van der Waals surface area contributed by atoms with Crippen LogP contribution in [0.25, 0.3) is 10.9 Å². The molecule has 0 saturated heterocycles. The van der Waals surface area contributed by atoms with Gasteiger partial charge in [0.25, 0.3) is 0 Å². The lowest BCUT2D eigenvalue weighted by atomic mass is 10.2.